The number of hydrogen-bond acceptors (Lipinski definition) is 4. The summed E-state index contributed by atoms with van der Waals surface area (Å²) >= 11 is 0. The second kappa shape index (κ2) is 6.41. The summed E-state index contributed by atoms with van der Waals surface area (Å²) < 4.78 is 64.6. The lowest BCUT2D eigenvalue weighted by Crippen LogP contribution is -2.32. The van der Waals surface area contributed by atoms with Crippen LogP contribution in [0.5, 0.6) is 11.5 Å². The maximum absolute atomic E-state index is 14.3. The Morgan fingerprint density at radius 1 is 1.00 bits per heavy atom. The molecule has 2 rings (SSSR count). The van der Waals surface area contributed by atoms with Gasteiger partial charge < -0.3 is 9.47 Å². The molecule has 0 atom stereocenters. The van der Waals surface area contributed by atoms with Gasteiger partial charge in [0, 0.05) is 11.6 Å². The Bertz CT molecular complexity index is 779. The first-order valence-corrected chi connectivity index (χ1v) is 7.98. The van der Waals surface area contributed by atoms with Gasteiger partial charge >= 0.3 is 15.3 Å². The van der Waals surface area contributed by atoms with Crippen LogP contribution in [0.2, 0.25) is 0 Å². The van der Waals surface area contributed by atoms with Crippen molar-refractivity contribution in [2.45, 2.75) is 5.25 Å². The number of methoxy groups -OCH3 is 2. The van der Waals surface area contributed by atoms with E-state index < -0.39 is 20.8 Å². The molecule has 1 N–H and O–H groups in total. The zero-order valence-electron chi connectivity index (χ0n) is 12.4. The minimum absolute atomic E-state index is 0.0665. The highest BCUT2D eigenvalue weighted by atomic mass is 32.2. The van der Waals surface area contributed by atoms with Crippen molar-refractivity contribution in [3.63, 3.8) is 0 Å². The molecule has 0 saturated heterocycles. The Labute approximate surface area is 132 Å². The lowest BCUT2D eigenvalue weighted by molar-refractivity contribution is 0.0915. The molecule has 0 fully saturated rings. The summed E-state index contributed by atoms with van der Waals surface area (Å²) in [6.07, 6.45) is 0. The van der Waals surface area contributed by atoms with Gasteiger partial charge in [0.25, 0.3) is 0 Å². The van der Waals surface area contributed by atoms with Gasteiger partial charge in [0.1, 0.15) is 11.5 Å². The Morgan fingerprint density at radius 3 is 2.22 bits per heavy atom. The largest absolute Gasteiger partial charge is 0.497 e. The van der Waals surface area contributed by atoms with Crippen LogP contribution in [-0.4, -0.2) is 22.6 Å². The highest BCUT2D eigenvalue weighted by Crippen LogP contribution is 2.37. The molecule has 23 heavy (non-hydrogen) atoms. The Balaban J connectivity index is 2.39. The fraction of sp³-hybridized carbons (Fsp3) is 0.200. The molecule has 0 aromatic heterocycles. The summed E-state index contributed by atoms with van der Waals surface area (Å²) in [5.74, 6) is 0.469. The second-order valence-electron chi connectivity index (χ2n) is 4.55. The van der Waals surface area contributed by atoms with Crippen molar-refractivity contribution in [1.29, 1.82) is 0 Å². The molecule has 0 heterocycles. The van der Waals surface area contributed by atoms with Gasteiger partial charge in [-0.15, -0.1) is 0 Å². The van der Waals surface area contributed by atoms with Crippen molar-refractivity contribution >= 4 is 15.7 Å². The van der Waals surface area contributed by atoms with Crippen molar-refractivity contribution in [2.24, 2.45) is 0 Å². The van der Waals surface area contributed by atoms with E-state index in [1.54, 1.807) is 0 Å². The number of benzene rings is 2. The van der Waals surface area contributed by atoms with Gasteiger partial charge in [-0.3, -0.25) is 4.72 Å². The smallest absolute Gasteiger partial charge is 0.389 e. The van der Waals surface area contributed by atoms with Gasteiger partial charge in [0.05, 0.1) is 19.9 Å². The van der Waals surface area contributed by atoms with E-state index in [2.05, 4.69) is 0 Å². The van der Waals surface area contributed by atoms with E-state index >= 15 is 0 Å². The lowest BCUT2D eigenvalue weighted by atomic mass is 10.2. The van der Waals surface area contributed by atoms with Crippen molar-refractivity contribution in [2.75, 3.05) is 18.9 Å². The van der Waals surface area contributed by atoms with Crippen molar-refractivity contribution in [3.05, 3.63) is 54.1 Å². The molecule has 0 amide bonds. The van der Waals surface area contributed by atoms with Crippen LogP contribution in [-0.2, 0) is 15.3 Å². The highest BCUT2D eigenvalue weighted by Gasteiger charge is 2.47. The lowest BCUT2D eigenvalue weighted by Gasteiger charge is -2.19. The van der Waals surface area contributed by atoms with E-state index in [-0.39, 0.29) is 11.4 Å². The quantitative estimate of drug-likeness (QED) is 0.875. The number of nitrogens with one attached hydrogen (secondary N) is 1. The Morgan fingerprint density at radius 2 is 1.65 bits per heavy atom. The minimum Gasteiger partial charge on any atom is -0.497 e. The molecular formula is C15H15F2NO4S. The van der Waals surface area contributed by atoms with Crippen LogP contribution in [0.4, 0.5) is 14.5 Å². The summed E-state index contributed by atoms with van der Waals surface area (Å²) in [5.41, 5.74) is -0.733. The molecule has 0 aliphatic rings. The normalized spacial score (nSPS) is 11.8. The first kappa shape index (κ1) is 17.0. The fourth-order valence-corrected chi connectivity index (χ4v) is 2.91. The summed E-state index contributed by atoms with van der Waals surface area (Å²) in [4.78, 5) is 0. The van der Waals surface area contributed by atoms with Crippen molar-refractivity contribution < 1.29 is 26.7 Å². The van der Waals surface area contributed by atoms with Crippen molar-refractivity contribution in [3.8, 4) is 11.5 Å². The molecule has 0 bridgehead atoms. The first-order chi connectivity index (χ1) is 10.8. The molecule has 0 spiro atoms. The summed E-state index contributed by atoms with van der Waals surface area (Å²) in [7, 11) is -2.31. The van der Waals surface area contributed by atoms with E-state index in [0.29, 0.717) is 5.75 Å². The topological polar surface area (TPSA) is 64.6 Å². The van der Waals surface area contributed by atoms with Crippen LogP contribution in [0.25, 0.3) is 0 Å². The van der Waals surface area contributed by atoms with Crippen LogP contribution < -0.4 is 14.2 Å². The van der Waals surface area contributed by atoms with E-state index in [4.69, 9.17) is 9.47 Å². The molecule has 2 aromatic rings. The molecule has 124 valence electrons. The molecule has 0 unspecified atom stereocenters. The van der Waals surface area contributed by atoms with Crippen LogP contribution in [0.15, 0.2) is 48.5 Å². The average Bonchev–Trinajstić information content (AvgIpc) is 2.55. The maximum atomic E-state index is 14.3. The molecule has 2 aromatic carbocycles. The van der Waals surface area contributed by atoms with E-state index in [1.165, 1.54) is 50.6 Å². The molecule has 0 saturated carbocycles. The van der Waals surface area contributed by atoms with E-state index in [0.717, 1.165) is 12.1 Å². The third-order valence-corrected chi connectivity index (χ3v) is 4.50. The average molecular weight is 343 g/mol. The summed E-state index contributed by atoms with van der Waals surface area (Å²) in [5, 5.41) is -4.10. The van der Waals surface area contributed by atoms with Gasteiger partial charge in [0.2, 0.25) is 0 Å². The Hall–Kier alpha value is -2.35. The number of anilines is 1. The van der Waals surface area contributed by atoms with Crippen LogP contribution in [0, 0.1) is 0 Å². The molecular weight excluding hydrogens is 328 g/mol. The molecule has 0 aliphatic carbocycles. The SMILES string of the molecule is COc1ccc(NS(=O)(=O)C(F)(F)c2ccccc2)c(OC)c1. The van der Waals surface area contributed by atoms with Gasteiger partial charge in [-0.2, -0.15) is 17.2 Å². The number of sulfonamides is 1. The van der Waals surface area contributed by atoms with Gasteiger partial charge in [-0.25, -0.2) is 0 Å². The standard InChI is InChI=1S/C15H15F2NO4S/c1-21-12-8-9-13(14(10-12)22-2)18-23(19,20)15(16,17)11-6-4-3-5-7-11/h3-10,18H,1-2H3. The summed E-state index contributed by atoms with van der Waals surface area (Å²) in [6.45, 7) is 0. The third kappa shape index (κ3) is 3.37. The van der Waals surface area contributed by atoms with Crippen LogP contribution in [0.3, 0.4) is 0 Å². The highest BCUT2D eigenvalue weighted by molar-refractivity contribution is 7.93. The molecule has 8 heteroatoms. The number of halogens is 2. The minimum atomic E-state index is -5.02. The molecule has 5 nitrogen and oxygen atoms in total. The van der Waals surface area contributed by atoms with Gasteiger partial charge in [-0.05, 0) is 12.1 Å². The number of ether oxygens (including phenoxy) is 2. The molecule has 0 radical (unpaired) electrons. The predicted octanol–water partition coefficient (Wildman–Crippen LogP) is 3.20. The van der Waals surface area contributed by atoms with E-state index in [9.17, 15) is 17.2 Å². The van der Waals surface area contributed by atoms with Crippen molar-refractivity contribution in [1.82, 2.24) is 0 Å². The predicted molar refractivity (Wildman–Crippen MR) is 82.4 cm³/mol. The number of rotatable bonds is 6. The van der Waals surface area contributed by atoms with Crippen LogP contribution >= 0.6 is 0 Å². The molecule has 0 aliphatic heterocycles. The fourth-order valence-electron chi connectivity index (χ4n) is 1.88. The third-order valence-electron chi connectivity index (χ3n) is 3.10. The summed E-state index contributed by atoms with van der Waals surface area (Å²) in [6, 6.07) is 10.4. The zero-order chi connectivity index (χ0) is 17.1. The van der Waals surface area contributed by atoms with E-state index in [1.807, 2.05) is 4.72 Å². The zero-order valence-corrected chi connectivity index (χ0v) is 13.2. The van der Waals surface area contributed by atoms with Crippen LogP contribution in [0.1, 0.15) is 5.56 Å². The van der Waals surface area contributed by atoms with Gasteiger partial charge in [-0.1, -0.05) is 30.3 Å². The maximum Gasteiger partial charge on any atom is 0.389 e. The monoisotopic (exact) mass is 343 g/mol. The first-order valence-electron chi connectivity index (χ1n) is 6.49. The van der Waals surface area contributed by atoms with Gasteiger partial charge in [0.15, 0.2) is 0 Å². The number of alkyl halides is 2. The second-order valence-corrected chi connectivity index (χ2v) is 6.28. The Kier molecular flexibility index (Phi) is 4.74. The number of hydrogen-bond donors (Lipinski definition) is 1.